The molecule has 1 atom stereocenters. The minimum Gasteiger partial charge on any atom is -0.371 e. The fraction of sp³-hybridized carbons (Fsp3) is 0.462. The number of carbonyl (C=O) groups is 1. The lowest BCUT2D eigenvalue weighted by atomic mass is 9.95. The fourth-order valence-electron chi connectivity index (χ4n) is 5.24. The maximum atomic E-state index is 13.8. The minimum absolute atomic E-state index is 0.0612. The summed E-state index contributed by atoms with van der Waals surface area (Å²) in [5.74, 6) is 0.106. The smallest absolute Gasteiger partial charge is 0.227 e. The van der Waals surface area contributed by atoms with E-state index < -0.39 is 0 Å². The first-order valence-corrected chi connectivity index (χ1v) is 12.2. The third kappa shape index (κ3) is 4.40. The van der Waals surface area contributed by atoms with Crippen molar-refractivity contribution in [2.45, 2.75) is 44.9 Å². The van der Waals surface area contributed by atoms with Crippen molar-refractivity contribution in [1.82, 2.24) is 4.90 Å². The molecule has 0 spiro atoms. The van der Waals surface area contributed by atoms with Crippen molar-refractivity contribution in [2.75, 3.05) is 31.1 Å². The SMILES string of the molecule is O=C([C@H]1CCCN(c2ccc(Cl)c(C3=Nc4cc(F)ccc4CCC3)c2)C1)N1CCCC1. The molecular formula is C26H29ClFN3O. The summed E-state index contributed by atoms with van der Waals surface area (Å²) >= 11 is 6.61. The summed E-state index contributed by atoms with van der Waals surface area (Å²) in [6.07, 6.45) is 6.85. The van der Waals surface area contributed by atoms with Gasteiger partial charge in [0, 0.05) is 48.2 Å². The maximum Gasteiger partial charge on any atom is 0.227 e. The first-order chi connectivity index (χ1) is 15.6. The van der Waals surface area contributed by atoms with Crippen LogP contribution in [-0.2, 0) is 11.2 Å². The molecule has 3 aliphatic rings. The van der Waals surface area contributed by atoms with Crippen molar-refractivity contribution < 1.29 is 9.18 Å². The van der Waals surface area contributed by atoms with Crippen LogP contribution in [0.5, 0.6) is 0 Å². The number of fused-ring (bicyclic) bond motifs is 1. The highest BCUT2D eigenvalue weighted by Crippen LogP contribution is 2.33. The van der Waals surface area contributed by atoms with Crippen LogP contribution in [0.1, 0.15) is 49.7 Å². The number of hydrogen-bond acceptors (Lipinski definition) is 3. The molecule has 0 radical (unpaired) electrons. The number of benzene rings is 2. The summed E-state index contributed by atoms with van der Waals surface area (Å²) in [7, 11) is 0. The van der Waals surface area contributed by atoms with E-state index in [0.29, 0.717) is 16.6 Å². The number of hydrogen-bond donors (Lipinski definition) is 0. The molecule has 0 aromatic heterocycles. The molecular weight excluding hydrogens is 425 g/mol. The van der Waals surface area contributed by atoms with Crippen LogP contribution in [0.3, 0.4) is 0 Å². The number of carbonyl (C=O) groups excluding carboxylic acids is 1. The summed E-state index contributed by atoms with van der Waals surface area (Å²) < 4.78 is 13.8. The summed E-state index contributed by atoms with van der Waals surface area (Å²) in [6.45, 7) is 3.49. The average Bonchev–Trinajstić information content (AvgIpc) is 3.27. The number of likely N-dealkylation sites (tertiary alicyclic amines) is 1. The lowest BCUT2D eigenvalue weighted by Crippen LogP contribution is -2.44. The van der Waals surface area contributed by atoms with E-state index in [0.717, 1.165) is 93.7 Å². The molecule has 6 heteroatoms. The van der Waals surface area contributed by atoms with Crippen molar-refractivity contribution in [1.29, 1.82) is 0 Å². The third-order valence-electron chi connectivity index (χ3n) is 6.98. The highest BCUT2D eigenvalue weighted by Gasteiger charge is 2.31. The molecule has 5 rings (SSSR count). The molecule has 0 saturated carbocycles. The van der Waals surface area contributed by atoms with Crippen LogP contribution in [0.25, 0.3) is 0 Å². The van der Waals surface area contributed by atoms with E-state index >= 15 is 0 Å². The maximum absolute atomic E-state index is 13.8. The first-order valence-electron chi connectivity index (χ1n) is 11.8. The number of nitrogens with zero attached hydrogens (tertiary/aromatic N) is 3. The quantitative estimate of drug-likeness (QED) is 0.591. The summed E-state index contributed by atoms with van der Waals surface area (Å²) in [5.41, 5.74) is 4.67. The molecule has 3 aliphatic heterocycles. The van der Waals surface area contributed by atoms with Gasteiger partial charge in [-0.3, -0.25) is 9.79 Å². The molecule has 0 N–H and O–H groups in total. The zero-order valence-electron chi connectivity index (χ0n) is 18.3. The van der Waals surface area contributed by atoms with E-state index in [1.807, 2.05) is 23.1 Å². The minimum atomic E-state index is -0.268. The molecule has 4 nitrogen and oxygen atoms in total. The van der Waals surface area contributed by atoms with Crippen molar-refractivity contribution in [3.05, 3.63) is 58.4 Å². The predicted molar refractivity (Wildman–Crippen MR) is 128 cm³/mol. The molecule has 2 saturated heterocycles. The highest BCUT2D eigenvalue weighted by atomic mass is 35.5. The Morgan fingerprint density at radius 1 is 1.00 bits per heavy atom. The predicted octanol–water partition coefficient (Wildman–Crippen LogP) is 5.78. The number of aryl methyl sites for hydroxylation is 1. The summed E-state index contributed by atoms with van der Waals surface area (Å²) in [6, 6.07) is 10.9. The molecule has 3 heterocycles. The Bertz CT molecular complexity index is 1050. The number of piperidine rings is 1. The molecule has 32 heavy (non-hydrogen) atoms. The zero-order chi connectivity index (χ0) is 22.1. The summed E-state index contributed by atoms with van der Waals surface area (Å²) in [4.78, 5) is 22.1. The molecule has 2 fully saturated rings. The van der Waals surface area contributed by atoms with Crippen LogP contribution in [0.2, 0.25) is 5.02 Å². The number of aliphatic imine (C=N–C) groups is 1. The Morgan fingerprint density at radius 3 is 2.69 bits per heavy atom. The van der Waals surface area contributed by atoms with Crippen LogP contribution in [0.15, 0.2) is 41.4 Å². The standard InChI is InChI=1S/C26H29ClFN3O/c27-23-11-10-21(31-14-4-6-19(17-31)26(32)30-12-1-2-13-30)16-22(23)24-7-3-5-18-8-9-20(28)15-25(18)29-24/h8-11,15-16,19H,1-7,12-14,17H2/t19-/m0/s1. The number of amides is 1. The van der Waals surface area contributed by atoms with E-state index in [9.17, 15) is 9.18 Å². The molecule has 0 aliphatic carbocycles. The largest absolute Gasteiger partial charge is 0.371 e. The van der Waals surface area contributed by atoms with Crippen LogP contribution < -0.4 is 4.90 Å². The van der Waals surface area contributed by atoms with Gasteiger partial charge in [0.25, 0.3) is 0 Å². The van der Waals surface area contributed by atoms with Gasteiger partial charge in [0.2, 0.25) is 5.91 Å². The van der Waals surface area contributed by atoms with Crippen LogP contribution in [-0.4, -0.2) is 42.7 Å². The van der Waals surface area contributed by atoms with Crippen molar-refractivity contribution in [3.8, 4) is 0 Å². The number of rotatable bonds is 3. The van der Waals surface area contributed by atoms with Crippen LogP contribution >= 0.6 is 11.6 Å². The van der Waals surface area contributed by atoms with E-state index in [1.54, 1.807) is 0 Å². The monoisotopic (exact) mass is 453 g/mol. The summed E-state index contributed by atoms with van der Waals surface area (Å²) in [5, 5.41) is 0.661. The van der Waals surface area contributed by atoms with Gasteiger partial charge in [-0.2, -0.15) is 0 Å². The van der Waals surface area contributed by atoms with E-state index in [-0.39, 0.29) is 11.7 Å². The van der Waals surface area contributed by atoms with Crippen LogP contribution in [0.4, 0.5) is 15.8 Å². The third-order valence-corrected chi connectivity index (χ3v) is 7.31. The molecule has 168 valence electrons. The second-order valence-electron chi connectivity index (χ2n) is 9.17. The average molecular weight is 454 g/mol. The Hall–Kier alpha value is -2.40. The fourth-order valence-corrected chi connectivity index (χ4v) is 5.46. The van der Waals surface area contributed by atoms with Crippen molar-refractivity contribution >= 4 is 34.6 Å². The zero-order valence-corrected chi connectivity index (χ0v) is 19.1. The van der Waals surface area contributed by atoms with Gasteiger partial charge in [-0.05, 0) is 80.8 Å². The van der Waals surface area contributed by atoms with Gasteiger partial charge in [-0.15, -0.1) is 0 Å². The highest BCUT2D eigenvalue weighted by molar-refractivity contribution is 6.34. The first kappa shape index (κ1) is 21.4. The lowest BCUT2D eigenvalue weighted by Gasteiger charge is -2.35. The van der Waals surface area contributed by atoms with Crippen LogP contribution in [0, 0.1) is 11.7 Å². The van der Waals surface area contributed by atoms with Gasteiger partial charge in [0.1, 0.15) is 5.82 Å². The van der Waals surface area contributed by atoms with Gasteiger partial charge >= 0.3 is 0 Å². The normalized spacial score (nSPS) is 21.2. The second kappa shape index (κ2) is 9.22. The Labute approximate surface area is 194 Å². The van der Waals surface area contributed by atoms with E-state index in [2.05, 4.69) is 11.0 Å². The topological polar surface area (TPSA) is 35.9 Å². The molecule has 2 aromatic rings. The van der Waals surface area contributed by atoms with Gasteiger partial charge in [0.15, 0.2) is 0 Å². The van der Waals surface area contributed by atoms with E-state index in [4.69, 9.17) is 16.6 Å². The van der Waals surface area contributed by atoms with Gasteiger partial charge in [0.05, 0.1) is 11.6 Å². The molecule has 0 bridgehead atoms. The molecule has 0 unspecified atom stereocenters. The molecule has 2 aromatic carbocycles. The Morgan fingerprint density at radius 2 is 1.84 bits per heavy atom. The van der Waals surface area contributed by atoms with Crippen molar-refractivity contribution in [2.24, 2.45) is 10.9 Å². The second-order valence-corrected chi connectivity index (χ2v) is 9.57. The van der Waals surface area contributed by atoms with Gasteiger partial charge in [-0.25, -0.2) is 4.39 Å². The Balaban J connectivity index is 1.41. The van der Waals surface area contributed by atoms with Gasteiger partial charge in [-0.1, -0.05) is 17.7 Å². The number of anilines is 1. The Kier molecular flexibility index (Phi) is 6.18. The lowest BCUT2D eigenvalue weighted by molar-refractivity contribution is -0.134. The van der Waals surface area contributed by atoms with E-state index in [1.165, 1.54) is 12.1 Å². The van der Waals surface area contributed by atoms with Gasteiger partial charge < -0.3 is 9.80 Å². The molecule has 1 amide bonds. The number of halogens is 2. The van der Waals surface area contributed by atoms with Crippen molar-refractivity contribution in [3.63, 3.8) is 0 Å².